The molecule has 0 amide bonds. The Hall–Kier alpha value is -0.870. The largest absolute Gasteiger partial charge is 0.456 e. The monoisotopic (exact) mass is 370 g/mol. The van der Waals surface area contributed by atoms with Crippen molar-refractivity contribution in [1.29, 1.82) is 0 Å². The Bertz CT molecular complexity index is 341. The Morgan fingerprint density at radius 3 is 1.73 bits per heavy atom. The molecular formula is C22H42O4. The number of hydrogen-bond acceptors (Lipinski definition) is 4. The van der Waals surface area contributed by atoms with Crippen LogP contribution in [0.3, 0.4) is 0 Å². The first-order valence-electron chi connectivity index (χ1n) is 10.7. The average Bonchev–Trinajstić information content (AvgIpc) is 2.61. The van der Waals surface area contributed by atoms with Crippen LogP contribution in [0.2, 0.25) is 0 Å². The Morgan fingerprint density at radius 2 is 1.27 bits per heavy atom. The van der Waals surface area contributed by atoms with Crippen LogP contribution in [0, 0.1) is 0 Å². The molecule has 0 aromatic heterocycles. The number of aliphatic hydroxyl groups is 2. The zero-order valence-electron chi connectivity index (χ0n) is 17.1. The van der Waals surface area contributed by atoms with E-state index < -0.39 is 11.9 Å². The molecular weight excluding hydrogens is 328 g/mol. The summed E-state index contributed by atoms with van der Waals surface area (Å²) in [5.41, 5.74) is -1.18. The van der Waals surface area contributed by atoms with E-state index in [-0.39, 0.29) is 0 Å². The standard InChI is InChI=1S/C22H42O4/c1-3-4-5-6-7-8-9-10-11-12-13-14-15-16-17-18-19-22(2,21(24)25)26-20-23/h10-11,20-21,24-25H,3-9,12-19H2,1-2H3/b11-10-. The highest BCUT2D eigenvalue weighted by atomic mass is 16.6. The van der Waals surface area contributed by atoms with Crippen molar-refractivity contribution in [3.8, 4) is 0 Å². The average molecular weight is 371 g/mol. The quantitative estimate of drug-likeness (QED) is 0.133. The van der Waals surface area contributed by atoms with Gasteiger partial charge in [0.15, 0.2) is 11.9 Å². The molecule has 0 aliphatic heterocycles. The fraction of sp³-hybridized carbons (Fsp3) is 0.864. The molecule has 0 aliphatic carbocycles. The van der Waals surface area contributed by atoms with E-state index in [1.807, 2.05) is 0 Å². The predicted molar refractivity (Wildman–Crippen MR) is 108 cm³/mol. The van der Waals surface area contributed by atoms with Crippen LogP contribution in [0.5, 0.6) is 0 Å². The maximum atomic E-state index is 10.4. The van der Waals surface area contributed by atoms with Gasteiger partial charge in [0.1, 0.15) is 0 Å². The van der Waals surface area contributed by atoms with Gasteiger partial charge in [0, 0.05) is 0 Å². The number of unbranched alkanes of at least 4 members (excludes halogenated alkanes) is 12. The second-order valence-electron chi connectivity index (χ2n) is 7.59. The summed E-state index contributed by atoms with van der Waals surface area (Å²) in [6.45, 7) is 4.11. The van der Waals surface area contributed by atoms with Crippen LogP contribution in [-0.4, -0.2) is 28.6 Å². The maximum Gasteiger partial charge on any atom is 0.293 e. The SMILES string of the molecule is CCCCCCCC/C=C\CCCCCCCCC(C)(OC=O)C(O)O. The van der Waals surface area contributed by atoms with Crippen LogP contribution in [-0.2, 0) is 9.53 Å². The van der Waals surface area contributed by atoms with Gasteiger partial charge >= 0.3 is 0 Å². The Balaban J connectivity index is 3.40. The van der Waals surface area contributed by atoms with E-state index in [4.69, 9.17) is 4.74 Å². The van der Waals surface area contributed by atoms with Crippen molar-refractivity contribution in [2.45, 2.75) is 122 Å². The predicted octanol–water partition coefficient (Wildman–Crippen LogP) is 5.66. The molecule has 0 bridgehead atoms. The summed E-state index contributed by atoms with van der Waals surface area (Å²) < 4.78 is 4.83. The molecule has 0 rings (SSSR count). The molecule has 0 heterocycles. The smallest absolute Gasteiger partial charge is 0.293 e. The van der Waals surface area contributed by atoms with E-state index in [2.05, 4.69) is 19.1 Å². The summed E-state index contributed by atoms with van der Waals surface area (Å²) in [6, 6.07) is 0. The summed E-state index contributed by atoms with van der Waals surface area (Å²) in [5.74, 6) is 0. The number of allylic oxidation sites excluding steroid dienone is 2. The first kappa shape index (κ1) is 25.1. The first-order valence-corrected chi connectivity index (χ1v) is 10.7. The Morgan fingerprint density at radius 1 is 0.808 bits per heavy atom. The summed E-state index contributed by atoms with van der Waals surface area (Å²) in [6.07, 6.45) is 20.8. The minimum Gasteiger partial charge on any atom is -0.456 e. The molecule has 0 spiro atoms. The van der Waals surface area contributed by atoms with Crippen molar-refractivity contribution >= 4 is 6.47 Å². The molecule has 154 valence electrons. The second kappa shape index (κ2) is 17.5. The molecule has 4 heteroatoms. The van der Waals surface area contributed by atoms with Crippen molar-refractivity contribution in [3.63, 3.8) is 0 Å². The molecule has 1 atom stereocenters. The molecule has 4 nitrogen and oxygen atoms in total. The lowest BCUT2D eigenvalue weighted by molar-refractivity contribution is -0.199. The van der Waals surface area contributed by atoms with Crippen LogP contribution >= 0.6 is 0 Å². The lowest BCUT2D eigenvalue weighted by Crippen LogP contribution is -2.41. The van der Waals surface area contributed by atoms with E-state index >= 15 is 0 Å². The normalized spacial score (nSPS) is 14.0. The lowest BCUT2D eigenvalue weighted by Gasteiger charge is -2.29. The van der Waals surface area contributed by atoms with Crippen molar-refractivity contribution < 1.29 is 19.7 Å². The summed E-state index contributed by atoms with van der Waals surface area (Å²) in [5, 5.41) is 18.6. The molecule has 0 radical (unpaired) electrons. The summed E-state index contributed by atoms with van der Waals surface area (Å²) in [4.78, 5) is 10.4. The van der Waals surface area contributed by atoms with E-state index in [0.717, 1.165) is 19.3 Å². The zero-order valence-corrected chi connectivity index (χ0v) is 17.1. The third-order valence-corrected chi connectivity index (χ3v) is 5.05. The molecule has 0 aromatic carbocycles. The third kappa shape index (κ3) is 14.3. The van der Waals surface area contributed by atoms with Crippen molar-refractivity contribution in [3.05, 3.63) is 12.2 Å². The lowest BCUT2D eigenvalue weighted by atomic mass is 9.96. The minimum atomic E-state index is -1.63. The number of rotatable bonds is 19. The fourth-order valence-electron chi connectivity index (χ4n) is 3.08. The number of ether oxygens (including phenoxy) is 1. The summed E-state index contributed by atoms with van der Waals surface area (Å²) >= 11 is 0. The first-order chi connectivity index (χ1) is 12.6. The zero-order chi connectivity index (χ0) is 19.5. The highest BCUT2D eigenvalue weighted by Gasteiger charge is 2.33. The van der Waals surface area contributed by atoms with Gasteiger partial charge in [-0.2, -0.15) is 0 Å². The van der Waals surface area contributed by atoms with Gasteiger partial charge in [0.05, 0.1) is 0 Å². The van der Waals surface area contributed by atoms with Gasteiger partial charge in [-0.15, -0.1) is 0 Å². The third-order valence-electron chi connectivity index (χ3n) is 5.05. The molecule has 2 N–H and O–H groups in total. The molecule has 0 aromatic rings. The van der Waals surface area contributed by atoms with Crippen LogP contribution in [0.4, 0.5) is 0 Å². The Kier molecular flexibility index (Phi) is 17.0. The fourth-order valence-corrected chi connectivity index (χ4v) is 3.08. The highest BCUT2D eigenvalue weighted by Crippen LogP contribution is 2.22. The van der Waals surface area contributed by atoms with E-state index in [1.54, 1.807) is 6.92 Å². The molecule has 1 unspecified atom stereocenters. The number of aliphatic hydroxyl groups excluding tert-OH is 1. The number of carbonyl (C=O) groups is 1. The molecule has 0 saturated carbocycles. The summed E-state index contributed by atoms with van der Waals surface area (Å²) in [7, 11) is 0. The van der Waals surface area contributed by atoms with E-state index in [1.165, 1.54) is 70.6 Å². The maximum absolute atomic E-state index is 10.4. The topological polar surface area (TPSA) is 66.8 Å². The number of hydrogen-bond donors (Lipinski definition) is 2. The van der Waals surface area contributed by atoms with E-state index in [9.17, 15) is 15.0 Å². The van der Waals surface area contributed by atoms with Crippen LogP contribution in [0.15, 0.2) is 12.2 Å². The van der Waals surface area contributed by atoms with Crippen molar-refractivity contribution in [1.82, 2.24) is 0 Å². The molecule has 26 heavy (non-hydrogen) atoms. The number of carbonyl (C=O) groups excluding carboxylic acids is 1. The molecule has 0 aliphatic rings. The van der Waals surface area contributed by atoms with Gasteiger partial charge in [-0.25, -0.2) is 0 Å². The highest BCUT2D eigenvalue weighted by molar-refractivity contribution is 5.38. The van der Waals surface area contributed by atoms with Gasteiger partial charge in [0.2, 0.25) is 0 Å². The Labute approximate surface area is 161 Å². The van der Waals surface area contributed by atoms with Crippen molar-refractivity contribution in [2.75, 3.05) is 0 Å². The van der Waals surface area contributed by atoms with Crippen LogP contribution < -0.4 is 0 Å². The van der Waals surface area contributed by atoms with Gasteiger partial charge in [0.25, 0.3) is 6.47 Å². The van der Waals surface area contributed by atoms with Crippen LogP contribution in [0.25, 0.3) is 0 Å². The van der Waals surface area contributed by atoms with Gasteiger partial charge in [-0.05, 0) is 45.4 Å². The van der Waals surface area contributed by atoms with Gasteiger partial charge < -0.3 is 14.9 Å². The van der Waals surface area contributed by atoms with Gasteiger partial charge in [-0.3, -0.25) is 4.79 Å². The second-order valence-corrected chi connectivity index (χ2v) is 7.59. The minimum absolute atomic E-state index is 0.291. The van der Waals surface area contributed by atoms with Crippen molar-refractivity contribution in [2.24, 2.45) is 0 Å². The van der Waals surface area contributed by atoms with Crippen LogP contribution in [0.1, 0.15) is 110 Å². The molecule has 0 saturated heterocycles. The molecule has 0 fully saturated rings. The van der Waals surface area contributed by atoms with E-state index in [0.29, 0.717) is 12.9 Å². The van der Waals surface area contributed by atoms with Gasteiger partial charge in [-0.1, -0.05) is 76.9 Å².